The van der Waals surface area contributed by atoms with Crippen molar-refractivity contribution < 1.29 is 13.6 Å². The van der Waals surface area contributed by atoms with Crippen LogP contribution in [0.15, 0.2) is 18.2 Å². The van der Waals surface area contributed by atoms with Gasteiger partial charge >= 0.3 is 6.03 Å². The van der Waals surface area contributed by atoms with Crippen molar-refractivity contribution in [3.05, 3.63) is 29.8 Å². The average Bonchev–Trinajstić information content (AvgIpc) is 3.11. The second-order valence-electron chi connectivity index (χ2n) is 7.88. The summed E-state index contributed by atoms with van der Waals surface area (Å²) in [4.78, 5) is 16.4. The van der Waals surface area contributed by atoms with Gasteiger partial charge in [0.1, 0.15) is 0 Å². The van der Waals surface area contributed by atoms with Crippen molar-refractivity contribution in [3.63, 3.8) is 0 Å². The maximum absolute atomic E-state index is 13.4. The van der Waals surface area contributed by atoms with Crippen molar-refractivity contribution >= 4 is 11.7 Å². The second kappa shape index (κ2) is 9.35. The molecule has 2 N–H and O–H groups in total. The Morgan fingerprint density at radius 1 is 1.15 bits per heavy atom. The van der Waals surface area contributed by atoms with Crippen LogP contribution in [0.1, 0.15) is 26.2 Å². The first kappa shape index (κ1) is 19.9. The van der Waals surface area contributed by atoms with Crippen LogP contribution in [0.5, 0.6) is 0 Å². The Morgan fingerprint density at radius 3 is 2.78 bits per heavy atom. The van der Waals surface area contributed by atoms with Gasteiger partial charge in [-0.15, -0.1) is 0 Å². The number of urea groups is 1. The van der Waals surface area contributed by atoms with Crippen LogP contribution in [-0.4, -0.2) is 56.7 Å². The van der Waals surface area contributed by atoms with Crippen LogP contribution in [0.3, 0.4) is 0 Å². The highest BCUT2D eigenvalue weighted by atomic mass is 19.2. The molecule has 1 aromatic carbocycles. The molecule has 2 amide bonds. The van der Waals surface area contributed by atoms with Gasteiger partial charge in [-0.05, 0) is 49.8 Å². The lowest BCUT2D eigenvalue weighted by Gasteiger charge is -2.30. The van der Waals surface area contributed by atoms with Gasteiger partial charge in [-0.2, -0.15) is 0 Å². The number of benzene rings is 1. The standard InChI is InChI=1S/C20H30F2N4O/c1-15-3-2-8-25(13-15)10-7-23-20(27)24-12-16-6-9-26(14-16)17-4-5-18(21)19(22)11-17/h4-5,11,15-16H,2-3,6-10,12-14H2,1H3,(H2,23,24,27)/t15-,16+/m0/s1. The Hall–Kier alpha value is -1.89. The minimum absolute atomic E-state index is 0.133. The van der Waals surface area contributed by atoms with E-state index in [4.69, 9.17) is 0 Å². The van der Waals surface area contributed by atoms with Gasteiger partial charge in [0.2, 0.25) is 0 Å². The number of carbonyl (C=O) groups is 1. The molecule has 2 atom stereocenters. The van der Waals surface area contributed by atoms with E-state index in [-0.39, 0.29) is 6.03 Å². The normalized spacial score (nSPS) is 23.4. The van der Waals surface area contributed by atoms with Gasteiger partial charge in [-0.25, -0.2) is 13.6 Å². The molecular weight excluding hydrogens is 350 g/mol. The van der Waals surface area contributed by atoms with Crippen LogP contribution < -0.4 is 15.5 Å². The lowest BCUT2D eigenvalue weighted by molar-refractivity contribution is 0.183. The minimum atomic E-state index is -0.827. The first-order valence-corrected chi connectivity index (χ1v) is 9.95. The molecule has 27 heavy (non-hydrogen) atoms. The fraction of sp³-hybridized carbons (Fsp3) is 0.650. The molecule has 150 valence electrons. The predicted molar refractivity (Wildman–Crippen MR) is 103 cm³/mol. The molecule has 0 radical (unpaired) electrons. The van der Waals surface area contributed by atoms with Gasteiger partial charge in [-0.3, -0.25) is 0 Å². The minimum Gasteiger partial charge on any atom is -0.371 e. The first-order chi connectivity index (χ1) is 13.0. The summed E-state index contributed by atoms with van der Waals surface area (Å²) >= 11 is 0. The predicted octanol–water partition coefficient (Wildman–Crippen LogP) is 2.82. The maximum Gasteiger partial charge on any atom is 0.314 e. The van der Waals surface area contributed by atoms with Crippen LogP contribution >= 0.6 is 0 Å². The number of amides is 2. The molecule has 0 aliphatic carbocycles. The van der Waals surface area contributed by atoms with Crippen molar-refractivity contribution in [2.24, 2.45) is 11.8 Å². The highest BCUT2D eigenvalue weighted by Gasteiger charge is 2.24. The van der Waals surface area contributed by atoms with E-state index < -0.39 is 11.6 Å². The number of piperidine rings is 1. The third-order valence-corrected chi connectivity index (χ3v) is 5.56. The molecule has 2 aliphatic heterocycles. The van der Waals surface area contributed by atoms with E-state index in [1.165, 1.54) is 18.9 Å². The molecule has 0 bridgehead atoms. The highest BCUT2D eigenvalue weighted by Crippen LogP contribution is 2.25. The largest absolute Gasteiger partial charge is 0.371 e. The third kappa shape index (κ3) is 5.79. The molecule has 2 aliphatic rings. The van der Waals surface area contributed by atoms with Gasteiger partial charge in [-0.1, -0.05) is 6.92 Å². The number of anilines is 1. The number of hydrogen-bond donors (Lipinski definition) is 2. The van der Waals surface area contributed by atoms with Crippen LogP contribution in [0.4, 0.5) is 19.3 Å². The van der Waals surface area contributed by atoms with Gasteiger partial charge in [0, 0.05) is 51.0 Å². The monoisotopic (exact) mass is 380 g/mol. The van der Waals surface area contributed by atoms with Crippen LogP contribution in [0, 0.1) is 23.5 Å². The Kier molecular flexibility index (Phi) is 6.88. The van der Waals surface area contributed by atoms with Gasteiger partial charge in [0.15, 0.2) is 11.6 Å². The summed E-state index contributed by atoms with van der Waals surface area (Å²) in [5, 5.41) is 5.86. The lowest BCUT2D eigenvalue weighted by Crippen LogP contribution is -2.44. The molecule has 7 heteroatoms. The van der Waals surface area contributed by atoms with E-state index in [2.05, 4.69) is 22.5 Å². The maximum atomic E-state index is 13.4. The lowest BCUT2D eigenvalue weighted by atomic mass is 10.0. The summed E-state index contributed by atoms with van der Waals surface area (Å²) in [5.41, 5.74) is 0.691. The summed E-state index contributed by atoms with van der Waals surface area (Å²) in [6.07, 6.45) is 3.46. The number of rotatable bonds is 6. The quantitative estimate of drug-likeness (QED) is 0.798. The number of likely N-dealkylation sites (tertiary alicyclic amines) is 1. The smallest absolute Gasteiger partial charge is 0.314 e. The van der Waals surface area contributed by atoms with E-state index in [0.717, 1.165) is 51.1 Å². The molecule has 2 fully saturated rings. The van der Waals surface area contributed by atoms with Gasteiger partial charge in [0.05, 0.1) is 0 Å². The molecule has 0 spiro atoms. The van der Waals surface area contributed by atoms with E-state index in [9.17, 15) is 13.6 Å². The highest BCUT2D eigenvalue weighted by molar-refractivity contribution is 5.73. The zero-order valence-electron chi connectivity index (χ0n) is 16.0. The molecule has 2 heterocycles. The summed E-state index contributed by atoms with van der Waals surface area (Å²) in [6, 6.07) is 3.86. The Labute approximate surface area is 160 Å². The number of halogens is 2. The van der Waals surface area contributed by atoms with Crippen LogP contribution in [-0.2, 0) is 0 Å². The first-order valence-electron chi connectivity index (χ1n) is 9.95. The van der Waals surface area contributed by atoms with Crippen LogP contribution in [0.2, 0.25) is 0 Å². The van der Waals surface area contributed by atoms with E-state index in [0.29, 0.717) is 24.7 Å². The van der Waals surface area contributed by atoms with Crippen molar-refractivity contribution in [2.75, 3.05) is 50.7 Å². The summed E-state index contributed by atoms with van der Waals surface area (Å²) < 4.78 is 26.4. The topological polar surface area (TPSA) is 47.6 Å². The fourth-order valence-electron chi connectivity index (χ4n) is 4.03. The molecule has 0 unspecified atom stereocenters. The van der Waals surface area contributed by atoms with Crippen molar-refractivity contribution in [2.45, 2.75) is 26.2 Å². The van der Waals surface area contributed by atoms with E-state index >= 15 is 0 Å². The van der Waals surface area contributed by atoms with Crippen LogP contribution in [0.25, 0.3) is 0 Å². The molecule has 2 saturated heterocycles. The zero-order valence-corrected chi connectivity index (χ0v) is 16.0. The van der Waals surface area contributed by atoms with Crippen molar-refractivity contribution in [3.8, 4) is 0 Å². The SMILES string of the molecule is C[C@H]1CCCN(CCNC(=O)NC[C@H]2CCN(c3ccc(F)c(F)c3)C2)C1. The Morgan fingerprint density at radius 2 is 2.00 bits per heavy atom. The molecular formula is C20H30F2N4O. The molecule has 3 rings (SSSR count). The van der Waals surface area contributed by atoms with Gasteiger partial charge in [0.25, 0.3) is 0 Å². The molecule has 0 saturated carbocycles. The van der Waals surface area contributed by atoms with E-state index in [1.807, 2.05) is 4.90 Å². The zero-order chi connectivity index (χ0) is 19.2. The Balaban J connectivity index is 1.33. The number of nitrogens with zero attached hydrogens (tertiary/aromatic N) is 2. The van der Waals surface area contributed by atoms with Crippen molar-refractivity contribution in [1.82, 2.24) is 15.5 Å². The van der Waals surface area contributed by atoms with E-state index in [1.54, 1.807) is 6.07 Å². The third-order valence-electron chi connectivity index (χ3n) is 5.56. The molecule has 1 aromatic rings. The number of hydrogen-bond acceptors (Lipinski definition) is 3. The molecule has 5 nitrogen and oxygen atoms in total. The summed E-state index contributed by atoms with van der Waals surface area (Å²) in [5.74, 6) is -0.595. The molecule has 0 aromatic heterocycles. The number of nitrogens with one attached hydrogen (secondary N) is 2. The average molecular weight is 380 g/mol. The summed E-state index contributed by atoms with van der Waals surface area (Å²) in [7, 11) is 0. The van der Waals surface area contributed by atoms with Gasteiger partial charge < -0.3 is 20.4 Å². The Bertz CT molecular complexity index is 642. The fourth-order valence-corrected chi connectivity index (χ4v) is 4.03. The van der Waals surface area contributed by atoms with Crippen molar-refractivity contribution in [1.29, 1.82) is 0 Å². The summed E-state index contributed by atoms with van der Waals surface area (Å²) in [6.45, 7) is 8.17. The second-order valence-corrected chi connectivity index (χ2v) is 7.88. The number of carbonyl (C=O) groups excluding carboxylic acids is 1.